The number of rotatable bonds is 5. The number of hydrogen-bond donors (Lipinski definition) is 2. The molecule has 3 heterocycles. The first-order valence-corrected chi connectivity index (χ1v) is 12.0. The van der Waals surface area contributed by atoms with Crippen molar-refractivity contribution >= 4 is 56.5 Å². The number of nitrogens with zero attached hydrogens (tertiary/aromatic N) is 3. The molecule has 0 radical (unpaired) electrons. The average Bonchev–Trinajstić information content (AvgIpc) is 2.79. The number of carbonyl (C=O) groups is 2. The van der Waals surface area contributed by atoms with Gasteiger partial charge in [-0.15, -0.1) is 0 Å². The fourth-order valence-electron chi connectivity index (χ4n) is 3.32. The van der Waals surface area contributed by atoms with Crippen LogP contribution in [0.4, 0.5) is 16.3 Å². The van der Waals surface area contributed by atoms with Crippen molar-refractivity contribution in [2.24, 2.45) is 5.73 Å². The van der Waals surface area contributed by atoms with Crippen molar-refractivity contribution < 1.29 is 22.7 Å². The molecule has 0 fully saturated rings. The van der Waals surface area contributed by atoms with Gasteiger partial charge in [0.15, 0.2) is 11.6 Å². The fraction of sp³-hybridized carbons (Fsp3) is 0.143. The maximum Gasteiger partial charge on any atom is 0.320 e. The Morgan fingerprint density at radius 3 is 2.65 bits per heavy atom. The number of urea groups is 1. The summed E-state index contributed by atoms with van der Waals surface area (Å²) in [5.74, 6) is -0.555. The summed E-state index contributed by atoms with van der Waals surface area (Å²) in [5, 5.41) is 0.515. The minimum atomic E-state index is -4.12. The number of amides is 2. The van der Waals surface area contributed by atoms with Crippen LogP contribution >= 0.6 is 23.2 Å². The van der Waals surface area contributed by atoms with Gasteiger partial charge < -0.3 is 10.5 Å². The number of nitrogens with one attached hydrogen (secondary N) is 1. The molecule has 0 unspecified atom stereocenters. The number of benzene rings is 1. The summed E-state index contributed by atoms with van der Waals surface area (Å²) in [6, 6.07) is 6.09. The second-order valence-corrected chi connectivity index (χ2v) is 9.77. The number of fused-ring (bicyclic) bond motifs is 1. The van der Waals surface area contributed by atoms with Gasteiger partial charge in [0.25, 0.3) is 10.0 Å². The Morgan fingerprint density at radius 1 is 1.18 bits per heavy atom. The number of aryl methyl sites for hydroxylation is 1. The zero-order valence-electron chi connectivity index (χ0n) is 17.6. The number of primary amides is 1. The Hall–Kier alpha value is -3.41. The molecule has 34 heavy (non-hydrogen) atoms. The molecule has 0 aliphatic carbocycles. The van der Waals surface area contributed by atoms with Gasteiger partial charge in [0.2, 0.25) is 5.78 Å². The first-order valence-electron chi connectivity index (χ1n) is 9.76. The van der Waals surface area contributed by atoms with Crippen molar-refractivity contribution in [2.45, 2.75) is 11.8 Å². The van der Waals surface area contributed by atoms with Gasteiger partial charge in [0.05, 0.1) is 27.7 Å². The van der Waals surface area contributed by atoms with Gasteiger partial charge in [-0.3, -0.25) is 14.4 Å². The summed E-state index contributed by atoms with van der Waals surface area (Å²) in [6.07, 6.45) is 2.52. The molecule has 4 rings (SSSR count). The summed E-state index contributed by atoms with van der Waals surface area (Å²) in [4.78, 5) is 34.5. The Bertz CT molecular complexity index is 1430. The minimum Gasteiger partial charge on any atom is -0.487 e. The predicted molar refractivity (Wildman–Crippen MR) is 126 cm³/mol. The SMILES string of the molecule is Cc1cc(S(=O)(=O)Nc2cc(Cl)cnc2C(=O)c2ccnc3c2OCCN3C(N)=O)ccc1Cl. The maximum atomic E-state index is 13.4. The zero-order valence-corrected chi connectivity index (χ0v) is 19.9. The number of hydrogen-bond acceptors (Lipinski definition) is 7. The smallest absolute Gasteiger partial charge is 0.320 e. The Balaban J connectivity index is 1.76. The molecule has 1 aromatic carbocycles. The summed E-state index contributed by atoms with van der Waals surface area (Å²) in [7, 11) is -4.12. The van der Waals surface area contributed by atoms with Gasteiger partial charge in [-0.1, -0.05) is 23.2 Å². The summed E-state index contributed by atoms with van der Waals surface area (Å²) in [5.41, 5.74) is 5.61. The molecular formula is C21H17Cl2N5O5S. The van der Waals surface area contributed by atoms with Crippen molar-refractivity contribution in [3.05, 3.63) is 69.6 Å². The molecule has 3 aromatic rings. The van der Waals surface area contributed by atoms with Crippen LogP contribution in [0.15, 0.2) is 47.6 Å². The monoisotopic (exact) mass is 521 g/mol. The van der Waals surface area contributed by atoms with Gasteiger partial charge in [-0.25, -0.2) is 23.2 Å². The number of ketones is 1. The molecule has 176 valence electrons. The summed E-state index contributed by atoms with van der Waals surface area (Å²) in [6.45, 7) is 1.92. The van der Waals surface area contributed by atoms with Gasteiger partial charge in [-0.05, 0) is 42.8 Å². The lowest BCUT2D eigenvalue weighted by molar-refractivity contribution is 0.103. The van der Waals surface area contributed by atoms with Crippen LogP contribution in [-0.4, -0.2) is 43.4 Å². The number of carbonyl (C=O) groups excluding carboxylic acids is 2. The van der Waals surface area contributed by atoms with E-state index in [-0.39, 0.29) is 51.6 Å². The van der Waals surface area contributed by atoms with Crippen LogP contribution in [0.3, 0.4) is 0 Å². The van der Waals surface area contributed by atoms with Crippen LogP contribution in [-0.2, 0) is 10.0 Å². The number of sulfonamides is 1. The van der Waals surface area contributed by atoms with Crippen LogP contribution in [0.25, 0.3) is 0 Å². The maximum absolute atomic E-state index is 13.4. The number of aromatic nitrogens is 2. The average molecular weight is 522 g/mol. The number of anilines is 2. The van der Waals surface area contributed by atoms with Crippen LogP contribution in [0.2, 0.25) is 10.0 Å². The lowest BCUT2D eigenvalue weighted by Gasteiger charge is -2.27. The number of pyridine rings is 2. The van der Waals surface area contributed by atoms with Crippen molar-refractivity contribution in [1.29, 1.82) is 0 Å². The fourth-order valence-corrected chi connectivity index (χ4v) is 4.74. The molecule has 1 aliphatic rings. The van der Waals surface area contributed by atoms with Gasteiger partial charge >= 0.3 is 6.03 Å². The zero-order chi connectivity index (χ0) is 24.6. The molecule has 0 atom stereocenters. The lowest BCUT2D eigenvalue weighted by atomic mass is 10.1. The molecule has 0 saturated carbocycles. The topological polar surface area (TPSA) is 145 Å². The Kier molecular flexibility index (Phi) is 6.34. The summed E-state index contributed by atoms with van der Waals surface area (Å²) >= 11 is 12.0. The molecule has 0 saturated heterocycles. The van der Waals surface area contributed by atoms with Crippen molar-refractivity contribution in [2.75, 3.05) is 22.8 Å². The van der Waals surface area contributed by atoms with Gasteiger partial charge in [0.1, 0.15) is 12.3 Å². The standard InChI is InChI=1S/C21H17Cl2N5O5S/c1-11-8-13(2-3-15(11)23)34(31,32)27-16-9-12(22)10-26-17(16)18(29)14-4-5-25-20-19(14)33-7-6-28(20)21(24)30/h2-5,8-10,27H,6-7H2,1H3,(H2,24,30). The van der Waals surface area contributed by atoms with E-state index in [0.29, 0.717) is 10.6 Å². The summed E-state index contributed by atoms with van der Waals surface area (Å²) < 4.78 is 34.0. The predicted octanol–water partition coefficient (Wildman–Crippen LogP) is 3.40. The van der Waals surface area contributed by atoms with Crippen LogP contribution in [0.1, 0.15) is 21.6 Å². The van der Waals surface area contributed by atoms with Gasteiger partial charge in [-0.2, -0.15) is 0 Å². The highest BCUT2D eigenvalue weighted by atomic mass is 35.5. The van der Waals surface area contributed by atoms with E-state index in [9.17, 15) is 18.0 Å². The first kappa shape index (κ1) is 23.7. The first-order chi connectivity index (χ1) is 16.1. The van der Waals surface area contributed by atoms with E-state index in [4.69, 9.17) is 33.7 Å². The highest BCUT2D eigenvalue weighted by molar-refractivity contribution is 7.92. The van der Waals surface area contributed by atoms with E-state index in [1.54, 1.807) is 6.92 Å². The van der Waals surface area contributed by atoms with Gasteiger partial charge in [0, 0.05) is 17.4 Å². The van der Waals surface area contributed by atoms with Crippen LogP contribution in [0, 0.1) is 6.92 Å². The Labute approximate surface area is 204 Å². The highest BCUT2D eigenvalue weighted by Crippen LogP contribution is 2.35. The number of halogens is 2. The third kappa shape index (κ3) is 4.49. The molecule has 2 amide bonds. The van der Waals surface area contributed by atoms with E-state index in [1.807, 2.05) is 0 Å². The largest absolute Gasteiger partial charge is 0.487 e. The van der Waals surface area contributed by atoms with Crippen molar-refractivity contribution in [3.8, 4) is 5.75 Å². The number of ether oxygens (including phenoxy) is 1. The van der Waals surface area contributed by atoms with Crippen molar-refractivity contribution in [1.82, 2.24) is 9.97 Å². The molecule has 3 N–H and O–H groups in total. The Morgan fingerprint density at radius 2 is 1.94 bits per heavy atom. The minimum absolute atomic E-state index is 0.0218. The van der Waals surface area contributed by atoms with Crippen LogP contribution in [0.5, 0.6) is 5.75 Å². The van der Waals surface area contributed by atoms with E-state index >= 15 is 0 Å². The lowest BCUT2D eigenvalue weighted by Crippen LogP contribution is -2.42. The molecule has 10 nitrogen and oxygen atoms in total. The third-order valence-corrected chi connectivity index (χ3v) is 6.96. The quantitative estimate of drug-likeness (QED) is 0.489. The second-order valence-electron chi connectivity index (χ2n) is 7.24. The molecule has 0 bridgehead atoms. The molecule has 13 heteroatoms. The normalized spacial score (nSPS) is 13.1. The second kappa shape index (κ2) is 9.09. The molecule has 2 aromatic heterocycles. The molecule has 0 spiro atoms. The van der Waals surface area contributed by atoms with E-state index < -0.39 is 21.8 Å². The van der Waals surface area contributed by atoms with Crippen LogP contribution < -0.4 is 20.1 Å². The van der Waals surface area contributed by atoms with E-state index in [0.717, 1.165) is 0 Å². The highest BCUT2D eigenvalue weighted by Gasteiger charge is 2.30. The van der Waals surface area contributed by atoms with E-state index in [1.165, 1.54) is 47.6 Å². The van der Waals surface area contributed by atoms with Crippen molar-refractivity contribution in [3.63, 3.8) is 0 Å². The third-order valence-electron chi connectivity index (χ3n) is 4.97. The number of nitrogens with two attached hydrogens (primary N) is 1. The molecular weight excluding hydrogens is 505 g/mol. The van der Waals surface area contributed by atoms with E-state index in [2.05, 4.69) is 14.7 Å². The molecule has 1 aliphatic heterocycles.